The molecule has 0 aliphatic rings. The first kappa shape index (κ1) is 17.8. The van der Waals surface area contributed by atoms with Gasteiger partial charge in [0, 0.05) is 23.0 Å². The van der Waals surface area contributed by atoms with E-state index in [0.29, 0.717) is 17.0 Å². The minimum absolute atomic E-state index is 0.505. The van der Waals surface area contributed by atoms with Gasteiger partial charge in [0.1, 0.15) is 5.52 Å². The second-order valence-electron chi connectivity index (χ2n) is 6.64. The second kappa shape index (κ2) is 6.64. The average molecular weight is 422 g/mol. The quantitative estimate of drug-likeness (QED) is 0.451. The molecule has 2 aromatic carbocycles. The average Bonchev–Trinajstić information content (AvgIpc) is 3.33. The molecule has 0 unspecified atom stereocenters. The van der Waals surface area contributed by atoms with E-state index in [0.717, 1.165) is 38.7 Å². The third-order valence-electron chi connectivity index (χ3n) is 4.51. The topological polar surface area (TPSA) is 101 Å². The van der Waals surface area contributed by atoms with Crippen molar-refractivity contribution in [2.24, 2.45) is 0 Å². The molecule has 0 spiro atoms. The Labute approximate surface area is 170 Å². The Kier molecular flexibility index (Phi) is 4.07. The highest BCUT2D eigenvalue weighted by Gasteiger charge is 2.12. The predicted molar refractivity (Wildman–Crippen MR) is 116 cm³/mol. The van der Waals surface area contributed by atoms with Gasteiger partial charge in [-0.2, -0.15) is 0 Å². The minimum atomic E-state index is -3.31. The van der Waals surface area contributed by atoms with Crippen LogP contribution < -0.4 is 4.72 Å². The largest absolute Gasteiger partial charge is 0.344 e. The van der Waals surface area contributed by atoms with Gasteiger partial charge in [-0.25, -0.2) is 23.4 Å². The van der Waals surface area contributed by atoms with E-state index in [9.17, 15) is 8.42 Å². The maximum Gasteiger partial charge on any atom is 0.229 e. The van der Waals surface area contributed by atoms with Crippen molar-refractivity contribution in [3.8, 4) is 22.4 Å². The summed E-state index contributed by atoms with van der Waals surface area (Å²) in [5.41, 5.74) is 8.40. The fraction of sp³-hybridized carbons (Fsp3) is 0.0500. The number of sulfonamides is 1. The summed E-state index contributed by atoms with van der Waals surface area (Å²) < 4.78 is 26.3. The molecule has 0 atom stereocenters. The lowest BCUT2D eigenvalue weighted by Crippen LogP contribution is -2.09. The van der Waals surface area contributed by atoms with Gasteiger partial charge in [0.25, 0.3) is 0 Å². The minimum Gasteiger partial charge on any atom is -0.344 e. The number of hydrogen-bond donors (Lipinski definition) is 2. The van der Waals surface area contributed by atoms with E-state index in [4.69, 9.17) is 4.98 Å². The summed E-state index contributed by atoms with van der Waals surface area (Å²) in [6.07, 6.45) is 4.74. The summed E-state index contributed by atoms with van der Waals surface area (Å²) in [7, 11) is -3.31. The van der Waals surface area contributed by atoms with Crippen LogP contribution in [0.25, 0.3) is 43.8 Å². The van der Waals surface area contributed by atoms with Gasteiger partial charge >= 0.3 is 0 Å². The summed E-state index contributed by atoms with van der Waals surface area (Å²) in [6.45, 7) is 0. The van der Waals surface area contributed by atoms with Crippen LogP contribution in [-0.2, 0) is 10.0 Å². The molecule has 0 radical (unpaired) electrons. The zero-order chi connectivity index (χ0) is 20.0. The Morgan fingerprint density at radius 1 is 1.03 bits per heavy atom. The van der Waals surface area contributed by atoms with Crippen LogP contribution >= 0.6 is 11.3 Å². The third kappa shape index (κ3) is 3.45. The van der Waals surface area contributed by atoms with Gasteiger partial charge in [0.2, 0.25) is 10.0 Å². The highest BCUT2D eigenvalue weighted by molar-refractivity contribution is 7.92. The van der Waals surface area contributed by atoms with Crippen molar-refractivity contribution in [3.05, 3.63) is 60.4 Å². The van der Waals surface area contributed by atoms with E-state index >= 15 is 0 Å². The Balaban J connectivity index is 1.55. The Hall–Kier alpha value is -3.30. The van der Waals surface area contributed by atoms with E-state index in [-0.39, 0.29) is 0 Å². The molecular formula is C20H15N5O2S2. The SMILES string of the molecule is CS(=O)(=O)Nc1ccc(-c2cnc3[nH]cc(-c4ccc5ncsc5c4)c3n2)cc1. The fourth-order valence-corrected chi connectivity index (χ4v) is 4.48. The molecule has 144 valence electrons. The van der Waals surface area contributed by atoms with Crippen LogP contribution in [0.4, 0.5) is 5.69 Å². The van der Waals surface area contributed by atoms with E-state index in [1.54, 1.807) is 29.7 Å². The molecule has 5 rings (SSSR count). The summed E-state index contributed by atoms with van der Waals surface area (Å²) >= 11 is 1.60. The maximum absolute atomic E-state index is 11.4. The lowest BCUT2D eigenvalue weighted by atomic mass is 10.1. The molecule has 7 nitrogen and oxygen atoms in total. The van der Waals surface area contributed by atoms with Crippen LogP contribution in [0.2, 0.25) is 0 Å². The number of nitrogens with zero attached hydrogens (tertiary/aromatic N) is 3. The molecule has 9 heteroatoms. The number of anilines is 1. The molecule has 3 heterocycles. The zero-order valence-electron chi connectivity index (χ0n) is 15.2. The Morgan fingerprint density at radius 3 is 2.62 bits per heavy atom. The summed E-state index contributed by atoms with van der Waals surface area (Å²) in [4.78, 5) is 16.8. The normalized spacial score (nSPS) is 11.9. The van der Waals surface area contributed by atoms with Crippen LogP contribution in [0.5, 0.6) is 0 Å². The monoisotopic (exact) mass is 421 g/mol. The van der Waals surface area contributed by atoms with Crippen molar-refractivity contribution in [1.29, 1.82) is 0 Å². The number of thiazole rings is 1. The zero-order valence-corrected chi connectivity index (χ0v) is 16.9. The Bertz CT molecular complexity index is 1450. The summed E-state index contributed by atoms with van der Waals surface area (Å²) in [5, 5.41) is 0. The Morgan fingerprint density at radius 2 is 1.83 bits per heavy atom. The van der Waals surface area contributed by atoms with Gasteiger partial charge in [-0.3, -0.25) is 4.72 Å². The number of aromatic amines is 1. The molecule has 0 saturated carbocycles. The number of fused-ring (bicyclic) bond motifs is 2. The standard InChI is InChI=1S/C20H15N5O2S2/c1-29(26,27)25-14-5-2-12(3-6-14)17-10-22-20-19(24-17)15(9-21-20)13-4-7-16-18(8-13)28-11-23-16/h2-11,25H,1H3,(H,21,22). The van der Waals surface area contributed by atoms with Gasteiger partial charge < -0.3 is 4.98 Å². The molecule has 5 aromatic rings. The van der Waals surface area contributed by atoms with Crippen LogP contribution in [-0.4, -0.2) is 34.6 Å². The predicted octanol–water partition coefficient (Wildman–Crippen LogP) is 4.27. The van der Waals surface area contributed by atoms with E-state index in [1.807, 2.05) is 36.0 Å². The van der Waals surface area contributed by atoms with Crippen molar-refractivity contribution in [2.75, 3.05) is 11.0 Å². The third-order valence-corrected chi connectivity index (χ3v) is 5.91. The maximum atomic E-state index is 11.4. The van der Waals surface area contributed by atoms with E-state index in [1.165, 1.54) is 0 Å². The molecule has 0 saturated heterocycles. The van der Waals surface area contributed by atoms with Crippen molar-refractivity contribution in [3.63, 3.8) is 0 Å². The van der Waals surface area contributed by atoms with Crippen LogP contribution in [0.15, 0.2) is 60.4 Å². The van der Waals surface area contributed by atoms with Crippen molar-refractivity contribution in [2.45, 2.75) is 0 Å². The summed E-state index contributed by atoms with van der Waals surface area (Å²) in [6, 6.07) is 13.2. The fourth-order valence-electron chi connectivity index (χ4n) is 3.20. The lowest BCUT2D eigenvalue weighted by Gasteiger charge is -2.06. The van der Waals surface area contributed by atoms with Crippen molar-refractivity contribution < 1.29 is 8.42 Å². The molecule has 29 heavy (non-hydrogen) atoms. The highest BCUT2D eigenvalue weighted by Crippen LogP contribution is 2.31. The summed E-state index contributed by atoms with van der Waals surface area (Å²) in [5.74, 6) is 0. The number of benzene rings is 2. The first-order valence-corrected chi connectivity index (χ1v) is 11.5. The van der Waals surface area contributed by atoms with Gasteiger partial charge in [-0.05, 0) is 29.8 Å². The van der Waals surface area contributed by atoms with Gasteiger partial charge in [-0.15, -0.1) is 11.3 Å². The van der Waals surface area contributed by atoms with E-state index in [2.05, 4.69) is 25.7 Å². The van der Waals surface area contributed by atoms with Crippen molar-refractivity contribution in [1.82, 2.24) is 19.9 Å². The number of hydrogen-bond acceptors (Lipinski definition) is 6. The first-order chi connectivity index (χ1) is 14.0. The highest BCUT2D eigenvalue weighted by atomic mass is 32.2. The van der Waals surface area contributed by atoms with Gasteiger partial charge in [0.15, 0.2) is 5.65 Å². The lowest BCUT2D eigenvalue weighted by molar-refractivity contribution is 0.607. The van der Waals surface area contributed by atoms with Crippen LogP contribution in [0, 0.1) is 0 Å². The number of aromatic nitrogens is 4. The molecule has 0 aliphatic carbocycles. The number of rotatable bonds is 4. The van der Waals surface area contributed by atoms with Gasteiger partial charge in [-0.1, -0.05) is 18.2 Å². The molecule has 0 bridgehead atoms. The molecular weight excluding hydrogens is 406 g/mol. The molecule has 3 aromatic heterocycles. The van der Waals surface area contributed by atoms with Crippen molar-refractivity contribution >= 4 is 48.4 Å². The molecule has 2 N–H and O–H groups in total. The second-order valence-corrected chi connectivity index (χ2v) is 9.28. The number of H-pyrrole nitrogens is 1. The van der Waals surface area contributed by atoms with Gasteiger partial charge in [0.05, 0.1) is 33.9 Å². The molecule has 0 amide bonds. The molecule has 0 fully saturated rings. The first-order valence-electron chi connectivity index (χ1n) is 8.72. The number of nitrogens with one attached hydrogen (secondary N) is 2. The van der Waals surface area contributed by atoms with Crippen LogP contribution in [0.1, 0.15) is 0 Å². The smallest absolute Gasteiger partial charge is 0.229 e. The van der Waals surface area contributed by atoms with E-state index < -0.39 is 10.0 Å². The van der Waals surface area contributed by atoms with Crippen LogP contribution in [0.3, 0.4) is 0 Å². The molecule has 0 aliphatic heterocycles.